The summed E-state index contributed by atoms with van der Waals surface area (Å²) in [7, 11) is 1.52. The Kier molecular flexibility index (Phi) is 2.77. The van der Waals surface area contributed by atoms with Gasteiger partial charge in [0, 0.05) is 0 Å². The number of hydrogen-bond acceptors (Lipinski definition) is 3. The first-order chi connectivity index (χ1) is 6.79. The predicted octanol–water partition coefficient (Wildman–Crippen LogP) is 1.33. The van der Waals surface area contributed by atoms with Crippen molar-refractivity contribution in [2.45, 2.75) is 32.1 Å². The molecule has 0 aromatic carbocycles. The second-order valence-electron chi connectivity index (χ2n) is 4.53. The van der Waals surface area contributed by atoms with Crippen LogP contribution in [0.5, 0.6) is 0 Å². The zero-order valence-electron chi connectivity index (χ0n) is 8.84. The van der Waals surface area contributed by atoms with Gasteiger partial charge in [0.1, 0.15) is 0 Å². The average Bonchev–Trinajstić information content (AvgIpc) is 2.15. The fraction of sp³-hybridized carbons (Fsp3) is 0.909. The number of methoxy groups -OCH3 is 1. The van der Waals surface area contributed by atoms with Crippen LogP contribution in [0.2, 0.25) is 0 Å². The van der Waals surface area contributed by atoms with Gasteiger partial charge in [0.05, 0.1) is 12.5 Å². The number of nitrogens with one attached hydrogen (secondary N) is 1. The number of hydrogen-bond donors (Lipinski definition) is 1. The minimum atomic E-state index is -0.141. The van der Waals surface area contributed by atoms with Gasteiger partial charge in [-0.05, 0) is 44.7 Å². The zero-order chi connectivity index (χ0) is 10.0. The van der Waals surface area contributed by atoms with Crippen LogP contribution >= 0.6 is 0 Å². The summed E-state index contributed by atoms with van der Waals surface area (Å²) in [6, 6.07) is 0. The maximum absolute atomic E-state index is 11.9. The Hall–Kier alpha value is -0.570. The van der Waals surface area contributed by atoms with Crippen LogP contribution < -0.4 is 5.32 Å². The molecule has 0 aromatic rings. The van der Waals surface area contributed by atoms with E-state index in [1.54, 1.807) is 0 Å². The van der Waals surface area contributed by atoms with Crippen LogP contribution in [0.25, 0.3) is 0 Å². The Balaban J connectivity index is 2.13. The van der Waals surface area contributed by atoms with E-state index in [2.05, 4.69) is 5.32 Å². The maximum Gasteiger partial charge on any atom is 0.312 e. The summed E-state index contributed by atoms with van der Waals surface area (Å²) in [5.41, 5.74) is -0.141. The van der Waals surface area contributed by atoms with Crippen molar-refractivity contribution in [1.82, 2.24) is 5.32 Å². The molecule has 3 heteroatoms. The highest BCUT2D eigenvalue weighted by atomic mass is 16.5. The molecule has 1 aliphatic heterocycles. The average molecular weight is 197 g/mol. The molecular formula is C11H19NO2. The van der Waals surface area contributed by atoms with E-state index >= 15 is 0 Å². The van der Waals surface area contributed by atoms with E-state index in [1.165, 1.54) is 26.4 Å². The van der Waals surface area contributed by atoms with Crippen molar-refractivity contribution in [3.05, 3.63) is 0 Å². The highest BCUT2D eigenvalue weighted by Gasteiger charge is 2.48. The lowest BCUT2D eigenvalue weighted by atomic mass is 9.61. The molecule has 1 saturated carbocycles. The summed E-state index contributed by atoms with van der Waals surface area (Å²) < 4.78 is 4.98. The third kappa shape index (κ3) is 1.44. The van der Waals surface area contributed by atoms with Crippen LogP contribution in [0, 0.1) is 11.3 Å². The molecule has 1 N–H and O–H groups in total. The van der Waals surface area contributed by atoms with Gasteiger partial charge < -0.3 is 10.1 Å². The first kappa shape index (κ1) is 9.97. The Morgan fingerprint density at radius 2 is 2.00 bits per heavy atom. The third-order valence-electron chi connectivity index (χ3n) is 3.97. The second kappa shape index (κ2) is 3.89. The summed E-state index contributed by atoms with van der Waals surface area (Å²) in [4.78, 5) is 11.9. The van der Waals surface area contributed by atoms with E-state index in [-0.39, 0.29) is 11.4 Å². The number of carbonyl (C=O) groups excluding carboxylic acids is 1. The van der Waals surface area contributed by atoms with E-state index in [4.69, 9.17) is 4.74 Å². The van der Waals surface area contributed by atoms with Crippen LogP contribution in [0.4, 0.5) is 0 Å². The number of rotatable bonds is 2. The lowest BCUT2D eigenvalue weighted by Crippen LogP contribution is -2.49. The van der Waals surface area contributed by atoms with Crippen LogP contribution in [0.1, 0.15) is 32.1 Å². The molecule has 2 aliphatic rings. The molecule has 2 rings (SSSR count). The summed E-state index contributed by atoms with van der Waals surface area (Å²) in [6.07, 6.45) is 5.65. The molecule has 14 heavy (non-hydrogen) atoms. The number of carbonyl (C=O) groups is 1. The molecule has 1 aliphatic carbocycles. The van der Waals surface area contributed by atoms with Crippen molar-refractivity contribution in [2.24, 2.45) is 11.3 Å². The molecule has 0 amide bonds. The number of piperidine rings is 1. The van der Waals surface area contributed by atoms with Gasteiger partial charge in [0.2, 0.25) is 0 Å². The van der Waals surface area contributed by atoms with Crippen molar-refractivity contribution >= 4 is 5.97 Å². The van der Waals surface area contributed by atoms with Crippen molar-refractivity contribution in [3.8, 4) is 0 Å². The first-order valence-corrected chi connectivity index (χ1v) is 5.59. The monoisotopic (exact) mass is 197 g/mol. The Morgan fingerprint density at radius 3 is 2.43 bits per heavy atom. The van der Waals surface area contributed by atoms with Gasteiger partial charge in [-0.25, -0.2) is 0 Å². The molecule has 3 nitrogen and oxygen atoms in total. The van der Waals surface area contributed by atoms with Crippen LogP contribution in [-0.2, 0) is 9.53 Å². The van der Waals surface area contributed by atoms with E-state index in [9.17, 15) is 4.79 Å². The number of esters is 1. The lowest BCUT2D eigenvalue weighted by Gasteiger charge is -2.45. The molecule has 0 radical (unpaired) electrons. The van der Waals surface area contributed by atoms with E-state index in [0.29, 0.717) is 5.92 Å². The van der Waals surface area contributed by atoms with Crippen LogP contribution in [-0.4, -0.2) is 26.2 Å². The highest BCUT2D eigenvalue weighted by Crippen LogP contribution is 2.48. The van der Waals surface area contributed by atoms with Gasteiger partial charge in [-0.15, -0.1) is 0 Å². The highest BCUT2D eigenvalue weighted by molar-refractivity contribution is 5.77. The normalized spacial score (nSPS) is 26.6. The van der Waals surface area contributed by atoms with Gasteiger partial charge in [0.15, 0.2) is 0 Å². The molecule has 1 saturated heterocycles. The topological polar surface area (TPSA) is 38.3 Å². The van der Waals surface area contributed by atoms with Crippen molar-refractivity contribution < 1.29 is 9.53 Å². The van der Waals surface area contributed by atoms with Crippen molar-refractivity contribution in [1.29, 1.82) is 0 Å². The standard InChI is InChI=1S/C11H19NO2/c1-14-10(13)11(9-3-2-4-9)5-7-12-8-6-11/h9,12H,2-8H2,1H3. The molecule has 0 spiro atoms. The van der Waals surface area contributed by atoms with Gasteiger partial charge in [-0.1, -0.05) is 6.42 Å². The van der Waals surface area contributed by atoms with E-state index in [0.717, 1.165) is 25.9 Å². The number of ether oxygens (including phenoxy) is 1. The summed E-state index contributed by atoms with van der Waals surface area (Å²) in [6.45, 7) is 1.93. The fourth-order valence-electron chi connectivity index (χ4n) is 2.82. The fourth-order valence-corrected chi connectivity index (χ4v) is 2.82. The molecule has 0 atom stereocenters. The van der Waals surface area contributed by atoms with Crippen molar-refractivity contribution in [3.63, 3.8) is 0 Å². The van der Waals surface area contributed by atoms with Crippen LogP contribution in [0.3, 0.4) is 0 Å². The molecule has 1 heterocycles. The summed E-state index contributed by atoms with van der Waals surface area (Å²) >= 11 is 0. The molecule has 0 unspecified atom stereocenters. The quantitative estimate of drug-likeness (QED) is 0.679. The Morgan fingerprint density at radius 1 is 1.36 bits per heavy atom. The molecule has 0 aromatic heterocycles. The minimum absolute atomic E-state index is 0.0312. The third-order valence-corrected chi connectivity index (χ3v) is 3.97. The Bertz CT molecular complexity index is 217. The summed E-state index contributed by atoms with van der Waals surface area (Å²) in [5.74, 6) is 0.626. The van der Waals surface area contributed by atoms with Gasteiger partial charge >= 0.3 is 5.97 Å². The van der Waals surface area contributed by atoms with E-state index in [1.807, 2.05) is 0 Å². The molecule has 80 valence electrons. The van der Waals surface area contributed by atoms with Crippen molar-refractivity contribution in [2.75, 3.05) is 20.2 Å². The lowest BCUT2D eigenvalue weighted by molar-refractivity contribution is -0.161. The van der Waals surface area contributed by atoms with Gasteiger partial charge in [0.25, 0.3) is 0 Å². The zero-order valence-corrected chi connectivity index (χ0v) is 8.84. The second-order valence-corrected chi connectivity index (χ2v) is 4.53. The largest absolute Gasteiger partial charge is 0.469 e. The summed E-state index contributed by atoms with van der Waals surface area (Å²) in [5, 5.41) is 3.31. The van der Waals surface area contributed by atoms with Crippen LogP contribution in [0.15, 0.2) is 0 Å². The van der Waals surface area contributed by atoms with Gasteiger partial charge in [-0.3, -0.25) is 4.79 Å². The molecule has 0 bridgehead atoms. The van der Waals surface area contributed by atoms with E-state index < -0.39 is 0 Å². The maximum atomic E-state index is 11.9. The smallest absolute Gasteiger partial charge is 0.312 e. The SMILES string of the molecule is COC(=O)C1(C2CCC2)CCNCC1. The first-order valence-electron chi connectivity index (χ1n) is 5.59. The predicted molar refractivity (Wildman–Crippen MR) is 53.9 cm³/mol. The molecular weight excluding hydrogens is 178 g/mol. The molecule has 2 fully saturated rings. The minimum Gasteiger partial charge on any atom is -0.469 e. The Labute approximate surface area is 85.2 Å². The van der Waals surface area contributed by atoms with Gasteiger partial charge in [-0.2, -0.15) is 0 Å².